The Bertz CT molecular complexity index is 264. The van der Waals surface area contributed by atoms with Crippen molar-refractivity contribution >= 4 is 24.7 Å². The Morgan fingerprint density at radius 1 is 1.41 bits per heavy atom. The first kappa shape index (κ1) is 18.4. The van der Waals surface area contributed by atoms with Crippen LogP contribution < -0.4 is 5.32 Å². The fourth-order valence-electron chi connectivity index (χ4n) is 0.855. The normalized spacial score (nSPS) is 14.2. The Kier molecular flexibility index (Phi) is 8.01. The molecule has 2 atom stereocenters. The van der Waals surface area contributed by atoms with Crippen molar-refractivity contribution in [2.24, 2.45) is 0 Å². The number of carbonyl (C=O) groups excluding carboxylic acids is 1. The molecule has 17 heavy (non-hydrogen) atoms. The third-order valence-corrected chi connectivity index (χ3v) is 1.93. The van der Waals surface area contributed by atoms with E-state index in [1.165, 1.54) is 0 Å². The van der Waals surface area contributed by atoms with Crippen molar-refractivity contribution in [2.75, 3.05) is 5.75 Å². The summed E-state index contributed by atoms with van der Waals surface area (Å²) in [5, 5.41) is 20.0. The number of carboxylic acids is 1. The number of carboxylic acid groups (broad SMARTS) is 1. The summed E-state index contributed by atoms with van der Waals surface area (Å²) in [6.45, 7) is 5.03. The van der Waals surface area contributed by atoms with Gasteiger partial charge in [-0.3, -0.25) is 0 Å². The van der Waals surface area contributed by atoms with E-state index in [0.717, 1.165) is 0 Å². The van der Waals surface area contributed by atoms with Gasteiger partial charge in [0.15, 0.2) is 6.10 Å². The highest BCUT2D eigenvalue weighted by atomic mass is 32.1. The molecule has 0 aromatic heterocycles. The molecule has 0 bridgehead atoms. The van der Waals surface area contributed by atoms with Gasteiger partial charge in [-0.2, -0.15) is 12.6 Å². The standard InChI is InChI=1S/C9H17NO5S.CH4/c1-9(2,3)15-8(14)10-5(4-16)6(11)7(12)13;/h5-6,11,16H,4H2,1-3H3,(H,10,14)(H,12,13);1H4. The van der Waals surface area contributed by atoms with E-state index in [1.807, 2.05) is 0 Å². The molecule has 7 heteroatoms. The summed E-state index contributed by atoms with van der Waals surface area (Å²) in [6, 6.07) is -0.990. The van der Waals surface area contributed by atoms with E-state index in [0.29, 0.717) is 0 Å². The van der Waals surface area contributed by atoms with Crippen molar-refractivity contribution in [3.8, 4) is 0 Å². The third kappa shape index (κ3) is 7.87. The number of hydrogen-bond acceptors (Lipinski definition) is 5. The molecular formula is C10H21NO5S. The number of amides is 1. The Morgan fingerprint density at radius 3 is 2.18 bits per heavy atom. The predicted octanol–water partition coefficient (Wildman–Crippen LogP) is 0.891. The van der Waals surface area contributed by atoms with Gasteiger partial charge in [0.05, 0.1) is 6.04 Å². The zero-order valence-electron chi connectivity index (χ0n) is 9.43. The summed E-state index contributed by atoms with van der Waals surface area (Å²) in [5.41, 5.74) is -0.681. The van der Waals surface area contributed by atoms with E-state index in [4.69, 9.17) is 9.84 Å². The van der Waals surface area contributed by atoms with Gasteiger partial charge in [0.1, 0.15) is 5.60 Å². The third-order valence-electron chi connectivity index (χ3n) is 1.53. The van der Waals surface area contributed by atoms with Crippen LogP contribution in [0.4, 0.5) is 4.79 Å². The van der Waals surface area contributed by atoms with Gasteiger partial charge in [-0.25, -0.2) is 9.59 Å². The number of aliphatic carboxylic acids is 1. The highest BCUT2D eigenvalue weighted by molar-refractivity contribution is 7.80. The highest BCUT2D eigenvalue weighted by Gasteiger charge is 2.27. The topological polar surface area (TPSA) is 95.9 Å². The fourth-order valence-corrected chi connectivity index (χ4v) is 1.15. The summed E-state index contributed by atoms with van der Waals surface area (Å²) in [5.74, 6) is -1.43. The minimum Gasteiger partial charge on any atom is -0.479 e. The van der Waals surface area contributed by atoms with Gasteiger partial charge in [0.25, 0.3) is 0 Å². The maximum absolute atomic E-state index is 11.3. The lowest BCUT2D eigenvalue weighted by atomic mass is 10.2. The Morgan fingerprint density at radius 2 is 1.88 bits per heavy atom. The zero-order chi connectivity index (χ0) is 12.9. The minimum absolute atomic E-state index is 0. The number of ether oxygens (including phenoxy) is 1. The van der Waals surface area contributed by atoms with Crippen LogP contribution in [0.1, 0.15) is 28.2 Å². The second-order valence-electron chi connectivity index (χ2n) is 4.22. The summed E-state index contributed by atoms with van der Waals surface area (Å²) < 4.78 is 4.91. The van der Waals surface area contributed by atoms with E-state index < -0.39 is 29.8 Å². The van der Waals surface area contributed by atoms with Crippen LogP contribution in [0.3, 0.4) is 0 Å². The van der Waals surface area contributed by atoms with Crippen LogP contribution in [0.5, 0.6) is 0 Å². The maximum atomic E-state index is 11.3. The summed E-state index contributed by atoms with van der Waals surface area (Å²) in [6.07, 6.45) is -2.49. The molecule has 0 fully saturated rings. The molecule has 2 unspecified atom stereocenters. The van der Waals surface area contributed by atoms with Gasteiger partial charge in [-0.15, -0.1) is 0 Å². The predicted molar refractivity (Wildman–Crippen MR) is 67.4 cm³/mol. The first-order valence-corrected chi connectivity index (χ1v) is 5.32. The number of nitrogens with one attached hydrogen (secondary N) is 1. The number of alkyl carbamates (subject to hydrolysis) is 1. The van der Waals surface area contributed by atoms with Crippen LogP contribution in [-0.2, 0) is 9.53 Å². The molecule has 6 nitrogen and oxygen atoms in total. The SMILES string of the molecule is C.CC(C)(C)OC(=O)NC(CS)C(O)C(=O)O. The largest absolute Gasteiger partial charge is 0.479 e. The smallest absolute Gasteiger partial charge is 0.408 e. The van der Waals surface area contributed by atoms with Crippen LogP contribution in [0.15, 0.2) is 0 Å². The zero-order valence-corrected chi connectivity index (χ0v) is 10.3. The monoisotopic (exact) mass is 267 g/mol. The van der Waals surface area contributed by atoms with E-state index in [-0.39, 0.29) is 13.2 Å². The lowest BCUT2D eigenvalue weighted by molar-refractivity contribution is -0.147. The number of aliphatic hydroxyl groups is 1. The van der Waals surface area contributed by atoms with Crippen molar-refractivity contribution in [1.29, 1.82) is 0 Å². The molecule has 0 radical (unpaired) electrons. The molecule has 0 saturated carbocycles. The number of rotatable bonds is 4. The van der Waals surface area contributed by atoms with Gasteiger partial charge in [0.2, 0.25) is 0 Å². The van der Waals surface area contributed by atoms with Crippen molar-refractivity contribution in [1.82, 2.24) is 5.32 Å². The van der Waals surface area contributed by atoms with Crippen LogP contribution in [0.2, 0.25) is 0 Å². The molecule has 0 spiro atoms. The number of carbonyl (C=O) groups is 2. The number of aliphatic hydroxyl groups excluding tert-OH is 1. The Balaban J connectivity index is 0. The van der Waals surface area contributed by atoms with Crippen molar-refractivity contribution in [3.05, 3.63) is 0 Å². The minimum atomic E-state index is -1.70. The lowest BCUT2D eigenvalue weighted by Crippen LogP contribution is -2.49. The van der Waals surface area contributed by atoms with E-state index in [9.17, 15) is 14.7 Å². The number of thiol groups is 1. The first-order valence-electron chi connectivity index (χ1n) is 4.68. The molecule has 102 valence electrons. The fraction of sp³-hybridized carbons (Fsp3) is 0.800. The second kappa shape index (κ2) is 7.39. The van der Waals surface area contributed by atoms with Crippen LogP contribution >= 0.6 is 12.6 Å². The molecular weight excluding hydrogens is 246 g/mol. The van der Waals surface area contributed by atoms with Crippen LogP contribution in [-0.4, -0.2) is 45.8 Å². The molecule has 1 amide bonds. The molecule has 0 aromatic rings. The molecule has 0 aliphatic carbocycles. The molecule has 0 aromatic carbocycles. The average molecular weight is 267 g/mol. The van der Waals surface area contributed by atoms with E-state index in [1.54, 1.807) is 20.8 Å². The van der Waals surface area contributed by atoms with Gasteiger partial charge in [-0.05, 0) is 20.8 Å². The molecule has 0 saturated heterocycles. The summed E-state index contributed by atoms with van der Waals surface area (Å²) >= 11 is 3.84. The first-order chi connectivity index (χ1) is 7.17. The van der Waals surface area contributed by atoms with Gasteiger partial charge < -0.3 is 20.3 Å². The molecule has 0 rings (SSSR count). The lowest BCUT2D eigenvalue weighted by Gasteiger charge is -2.24. The van der Waals surface area contributed by atoms with Crippen LogP contribution in [0.25, 0.3) is 0 Å². The van der Waals surface area contributed by atoms with Crippen molar-refractivity contribution in [2.45, 2.75) is 45.9 Å². The molecule has 0 aliphatic heterocycles. The van der Waals surface area contributed by atoms with Gasteiger partial charge in [0, 0.05) is 5.75 Å². The summed E-state index contributed by atoms with van der Waals surface area (Å²) in [7, 11) is 0. The highest BCUT2D eigenvalue weighted by Crippen LogP contribution is 2.07. The maximum Gasteiger partial charge on any atom is 0.408 e. The van der Waals surface area contributed by atoms with Crippen molar-refractivity contribution < 1.29 is 24.5 Å². The molecule has 3 N–H and O–H groups in total. The quantitative estimate of drug-likeness (QED) is 0.567. The van der Waals surface area contributed by atoms with Crippen molar-refractivity contribution in [3.63, 3.8) is 0 Å². The van der Waals surface area contributed by atoms with E-state index in [2.05, 4.69) is 17.9 Å². The average Bonchev–Trinajstić information content (AvgIpc) is 2.09. The molecule has 0 heterocycles. The second-order valence-corrected chi connectivity index (χ2v) is 4.58. The number of hydrogen-bond donors (Lipinski definition) is 4. The van der Waals surface area contributed by atoms with Crippen LogP contribution in [0, 0.1) is 0 Å². The summed E-state index contributed by atoms with van der Waals surface area (Å²) in [4.78, 5) is 21.8. The van der Waals surface area contributed by atoms with E-state index >= 15 is 0 Å². The molecule has 0 aliphatic rings. The Labute approximate surface area is 107 Å². The Hall–Kier alpha value is -0.950. The van der Waals surface area contributed by atoms with Gasteiger partial charge in [-0.1, -0.05) is 7.43 Å². The van der Waals surface area contributed by atoms with Gasteiger partial charge >= 0.3 is 12.1 Å².